The number of nitrogens with zero attached hydrogens (tertiary/aromatic N) is 2. The van der Waals surface area contributed by atoms with Gasteiger partial charge in [-0.25, -0.2) is 0 Å². The maximum absolute atomic E-state index is 5.41. The van der Waals surface area contributed by atoms with Crippen molar-refractivity contribution >= 4 is 28.6 Å². The lowest BCUT2D eigenvalue weighted by atomic mass is 10.3. The Balaban J connectivity index is 1.96. The van der Waals surface area contributed by atoms with Crippen molar-refractivity contribution in [1.82, 2.24) is 10.2 Å². The molecule has 1 heterocycles. The third-order valence-corrected chi connectivity index (χ3v) is 2.34. The molecular weight excluding hydrogens is 280 g/mol. The molecule has 0 N–H and O–H groups in total. The van der Waals surface area contributed by atoms with Crippen LogP contribution in [0.15, 0.2) is 38.4 Å². The summed E-state index contributed by atoms with van der Waals surface area (Å²) in [5.41, 5.74) is 0. The second-order valence-corrected chi connectivity index (χ2v) is 4.02. The number of hydrogen-bond donors (Lipinski definition) is 1. The molecule has 0 aliphatic rings. The van der Waals surface area contributed by atoms with Gasteiger partial charge < -0.3 is 9.15 Å². The molecule has 2 rings (SSSR count). The Hall–Kier alpha value is -1.01. The minimum atomic E-state index is 0.240. The molecule has 15 heavy (non-hydrogen) atoms. The number of halogens is 1. The van der Waals surface area contributed by atoms with E-state index < -0.39 is 0 Å². The van der Waals surface area contributed by atoms with E-state index >= 15 is 0 Å². The fourth-order valence-corrected chi connectivity index (χ4v) is 1.39. The first kappa shape index (κ1) is 10.5. The molecule has 0 atom stereocenters. The zero-order valence-electron chi connectivity index (χ0n) is 7.55. The van der Waals surface area contributed by atoms with Crippen LogP contribution in [0.2, 0.25) is 0 Å². The summed E-state index contributed by atoms with van der Waals surface area (Å²) in [6.45, 7) is 0.245. The molecule has 0 amide bonds. The standard InChI is InChI=1S/C9H7BrN2O2S/c10-6-1-3-7(4-2-6)13-5-8-11-12-9(15)14-8/h1-4H,5H2,(H,12,15). The molecule has 4 nitrogen and oxygen atoms in total. The van der Waals surface area contributed by atoms with Crippen molar-refractivity contribution in [1.29, 1.82) is 0 Å². The third-order valence-electron chi connectivity index (χ3n) is 1.63. The fourth-order valence-electron chi connectivity index (χ4n) is 0.979. The van der Waals surface area contributed by atoms with Crippen molar-refractivity contribution in [3.05, 3.63) is 34.6 Å². The van der Waals surface area contributed by atoms with Crippen LogP contribution in [0.25, 0.3) is 0 Å². The van der Waals surface area contributed by atoms with Gasteiger partial charge >= 0.3 is 0 Å². The molecule has 0 saturated heterocycles. The minimum Gasteiger partial charge on any atom is -0.484 e. The Morgan fingerprint density at radius 1 is 1.27 bits per heavy atom. The SMILES string of the molecule is Sc1nnc(COc2ccc(Br)cc2)o1. The van der Waals surface area contributed by atoms with Crippen molar-refractivity contribution < 1.29 is 9.15 Å². The van der Waals surface area contributed by atoms with Crippen molar-refractivity contribution in [3.8, 4) is 5.75 Å². The van der Waals surface area contributed by atoms with E-state index in [0.717, 1.165) is 10.2 Å². The van der Waals surface area contributed by atoms with E-state index in [-0.39, 0.29) is 11.8 Å². The highest BCUT2D eigenvalue weighted by Crippen LogP contribution is 2.17. The molecule has 0 saturated carbocycles. The maximum atomic E-state index is 5.41. The van der Waals surface area contributed by atoms with E-state index in [9.17, 15) is 0 Å². The normalized spacial score (nSPS) is 10.3. The quantitative estimate of drug-likeness (QED) is 0.882. The predicted octanol–water partition coefficient (Wildman–Crippen LogP) is 2.70. The van der Waals surface area contributed by atoms with E-state index in [0.29, 0.717) is 5.89 Å². The number of benzene rings is 1. The minimum absolute atomic E-state index is 0.240. The Morgan fingerprint density at radius 3 is 2.60 bits per heavy atom. The van der Waals surface area contributed by atoms with Crippen LogP contribution in [0.1, 0.15) is 5.89 Å². The summed E-state index contributed by atoms with van der Waals surface area (Å²) < 4.78 is 11.5. The number of hydrogen-bond acceptors (Lipinski definition) is 5. The molecule has 0 spiro atoms. The van der Waals surface area contributed by atoms with Crippen molar-refractivity contribution in [2.75, 3.05) is 0 Å². The van der Waals surface area contributed by atoms with E-state index in [1.165, 1.54) is 0 Å². The molecule has 0 aliphatic carbocycles. The Morgan fingerprint density at radius 2 is 2.00 bits per heavy atom. The number of rotatable bonds is 3. The van der Waals surface area contributed by atoms with E-state index in [1.54, 1.807) is 0 Å². The van der Waals surface area contributed by atoms with Crippen molar-refractivity contribution in [3.63, 3.8) is 0 Å². The van der Waals surface area contributed by atoms with Gasteiger partial charge in [0.1, 0.15) is 5.75 Å². The van der Waals surface area contributed by atoms with Gasteiger partial charge in [-0.15, -0.1) is 10.2 Å². The summed E-state index contributed by atoms with van der Waals surface area (Å²) in [4.78, 5) is 0. The van der Waals surface area contributed by atoms with Gasteiger partial charge in [-0.3, -0.25) is 0 Å². The van der Waals surface area contributed by atoms with Gasteiger partial charge in [0.2, 0.25) is 0 Å². The zero-order chi connectivity index (χ0) is 10.7. The second kappa shape index (κ2) is 4.67. The molecule has 78 valence electrons. The summed E-state index contributed by atoms with van der Waals surface area (Å²) >= 11 is 7.24. The highest BCUT2D eigenvalue weighted by molar-refractivity contribution is 9.10. The molecule has 0 bridgehead atoms. The molecular formula is C9H7BrN2O2S. The molecule has 0 unspecified atom stereocenters. The van der Waals surface area contributed by atoms with Gasteiger partial charge in [-0.2, -0.15) is 0 Å². The molecule has 1 aromatic carbocycles. The van der Waals surface area contributed by atoms with Crippen LogP contribution in [0.3, 0.4) is 0 Å². The monoisotopic (exact) mass is 286 g/mol. The Kier molecular flexibility index (Phi) is 3.27. The highest BCUT2D eigenvalue weighted by atomic mass is 79.9. The Bertz CT molecular complexity index is 444. The van der Waals surface area contributed by atoms with Gasteiger partial charge in [0.25, 0.3) is 11.1 Å². The summed E-state index contributed by atoms with van der Waals surface area (Å²) in [5, 5.41) is 7.56. The van der Waals surface area contributed by atoms with Crippen LogP contribution in [0.5, 0.6) is 5.75 Å². The second-order valence-electron chi connectivity index (χ2n) is 2.72. The maximum Gasteiger partial charge on any atom is 0.273 e. The topological polar surface area (TPSA) is 48.2 Å². The third kappa shape index (κ3) is 2.97. The van der Waals surface area contributed by atoms with E-state index in [1.807, 2.05) is 24.3 Å². The van der Waals surface area contributed by atoms with Crippen LogP contribution in [0.4, 0.5) is 0 Å². The lowest BCUT2D eigenvalue weighted by Crippen LogP contribution is -1.95. The fraction of sp³-hybridized carbons (Fsp3) is 0.111. The summed E-state index contributed by atoms with van der Waals surface area (Å²) in [6, 6.07) is 7.49. The predicted molar refractivity (Wildman–Crippen MR) is 60.0 cm³/mol. The first-order valence-electron chi connectivity index (χ1n) is 4.14. The van der Waals surface area contributed by atoms with Crippen LogP contribution in [0, 0.1) is 0 Å². The summed E-state index contributed by atoms with van der Waals surface area (Å²) in [5.74, 6) is 1.15. The lowest BCUT2D eigenvalue weighted by Gasteiger charge is -2.02. The van der Waals surface area contributed by atoms with Gasteiger partial charge in [0.05, 0.1) is 0 Å². The van der Waals surface area contributed by atoms with E-state index in [2.05, 4.69) is 38.8 Å². The highest BCUT2D eigenvalue weighted by Gasteiger charge is 2.03. The molecule has 2 aromatic rings. The lowest BCUT2D eigenvalue weighted by molar-refractivity contribution is 0.252. The van der Waals surface area contributed by atoms with Gasteiger partial charge in [0.15, 0.2) is 6.61 Å². The van der Waals surface area contributed by atoms with Crippen LogP contribution >= 0.6 is 28.6 Å². The van der Waals surface area contributed by atoms with Gasteiger partial charge in [-0.05, 0) is 24.3 Å². The largest absolute Gasteiger partial charge is 0.484 e. The van der Waals surface area contributed by atoms with Crippen LogP contribution in [-0.4, -0.2) is 10.2 Å². The molecule has 0 radical (unpaired) electrons. The first-order chi connectivity index (χ1) is 7.24. The average molecular weight is 287 g/mol. The molecule has 0 aliphatic heterocycles. The average Bonchev–Trinajstić information content (AvgIpc) is 2.64. The van der Waals surface area contributed by atoms with E-state index in [4.69, 9.17) is 9.15 Å². The first-order valence-corrected chi connectivity index (χ1v) is 5.38. The smallest absolute Gasteiger partial charge is 0.273 e. The summed E-state index contributed by atoms with van der Waals surface area (Å²) in [7, 11) is 0. The van der Waals surface area contributed by atoms with Gasteiger partial charge in [0, 0.05) is 4.47 Å². The molecule has 6 heteroatoms. The zero-order valence-corrected chi connectivity index (χ0v) is 10.0. The van der Waals surface area contributed by atoms with Gasteiger partial charge in [-0.1, -0.05) is 28.6 Å². The van der Waals surface area contributed by atoms with Crippen LogP contribution in [-0.2, 0) is 6.61 Å². The summed E-state index contributed by atoms with van der Waals surface area (Å²) in [6.07, 6.45) is 0. The molecule has 0 fully saturated rings. The van der Waals surface area contributed by atoms with Crippen molar-refractivity contribution in [2.24, 2.45) is 0 Å². The molecule has 1 aromatic heterocycles. The number of ether oxygens (including phenoxy) is 1. The van der Waals surface area contributed by atoms with Crippen molar-refractivity contribution in [2.45, 2.75) is 11.8 Å². The number of thiol groups is 1. The van der Waals surface area contributed by atoms with Crippen LogP contribution < -0.4 is 4.74 Å². The number of aromatic nitrogens is 2. The Labute approximate surface area is 100 Å².